The van der Waals surface area contributed by atoms with Crippen molar-refractivity contribution in [3.05, 3.63) is 12.2 Å². The Morgan fingerprint density at radius 2 is 1.26 bits per heavy atom. The molecule has 2 atom stereocenters. The van der Waals surface area contributed by atoms with Crippen LogP contribution in [0.25, 0.3) is 0 Å². The largest absolute Gasteiger partial charge is 0.465 e. The van der Waals surface area contributed by atoms with Crippen LogP contribution >= 0.6 is 0 Å². The fraction of sp³-hybridized carbons (Fsp3) is 0.867. The molecule has 0 amide bonds. The Morgan fingerprint density at radius 1 is 0.714 bits per heavy atom. The summed E-state index contributed by atoms with van der Waals surface area (Å²) in [5.41, 5.74) is 0. The number of aliphatic hydroxyl groups excluding tert-OH is 1. The molecule has 0 aliphatic rings. The fourth-order valence-electron chi connectivity index (χ4n) is 4.03. The molecule has 0 heterocycles. The second-order valence-corrected chi connectivity index (χ2v) is 9.92. The summed E-state index contributed by atoms with van der Waals surface area (Å²) in [4.78, 5) is 23.8. The van der Waals surface area contributed by atoms with Crippen LogP contribution in [0.15, 0.2) is 12.2 Å². The number of carbonyl (C=O) groups is 2. The van der Waals surface area contributed by atoms with Crippen LogP contribution in [0.5, 0.6) is 0 Å². The van der Waals surface area contributed by atoms with E-state index in [4.69, 9.17) is 9.47 Å². The van der Waals surface area contributed by atoms with Crippen molar-refractivity contribution in [1.29, 1.82) is 0 Å². The van der Waals surface area contributed by atoms with Crippen LogP contribution in [0.1, 0.15) is 143 Å². The van der Waals surface area contributed by atoms with Gasteiger partial charge >= 0.3 is 11.9 Å². The molecular formula is C30H56O5. The van der Waals surface area contributed by atoms with E-state index in [1.165, 1.54) is 70.6 Å². The minimum absolute atomic E-state index is 0.293. The van der Waals surface area contributed by atoms with Crippen molar-refractivity contribution >= 4 is 11.9 Å². The zero-order valence-electron chi connectivity index (χ0n) is 23.2. The average molecular weight is 497 g/mol. The number of rotatable bonds is 25. The summed E-state index contributed by atoms with van der Waals surface area (Å²) in [5, 5.41) is 9.91. The summed E-state index contributed by atoms with van der Waals surface area (Å²) >= 11 is 0. The van der Waals surface area contributed by atoms with Gasteiger partial charge in [0.25, 0.3) is 0 Å². The third-order valence-electron chi connectivity index (χ3n) is 6.56. The molecule has 1 N–H and O–H groups in total. The molecule has 5 nitrogen and oxygen atoms in total. The van der Waals surface area contributed by atoms with Crippen LogP contribution in [-0.2, 0) is 19.1 Å². The van der Waals surface area contributed by atoms with Crippen molar-refractivity contribution in [3.8, 4) is 0 Å². The topological polar surface area (TPSA) is 72.8 Å². The maximum absolute atomic E-state index is 11.9. The normalized spacial score (nSPS) is 13.1. The minimum Gasteiger partial charge on any atom is -0.465 e. The predicted octanol–water partition coefficient (Wildman–Crippen LogP) is 8.08. The van der Waals surface area contributed by atoms with Crippen LogP contribution in [-0.4, -0.2) is 36.4 Å². The van der Waals surface area contributed by atoms with Gasteiger partial charge in [-0.15, -0.1) is 0 Å². The first-order valence-electron chi connectivity index (χ1n) is 14.7. The summed E-state index contributed by atoms with van der Waals surface area (Å²) in [7, 11) is 0. The standard InChI is InChI=1S/C30H56O5/c1-4-7-9-10-11-12-13-14-15-16-17-18-19-20-21-22-24-34-30(33)28(31)25-29(32)35-26-27(6-3)23-8-5-2/h14-15,27-28,31H,4-13,16-26H2,1-3H3/b15-14+. The third-order valence-corrected chi connectivity index (χ3v) is 6.56. The van der Waals surface area contributed by atoms with Crippen LogP contribution in [0.3, 0.4) is 0 Å². The number of hydrogen-bond donors (Lipinski definition) is 1. The van der Waals surface area contributed by atoms with Gasteiger partial charge in [-0.05, 0) is 44.4 Å². The Kier molecular flexibility index (Phi) is 24.7. The smallest absolute Gasteiger partial charge is 0.335 e. The molecule has 206 valence electrons. The molecule has 0 aliphatic heterocycles. The van der Waals surface area contributed by atoms with Crippen molar-refractivity contribution in [2.75, 3.05) is 13.2 Å². The van der Waals surface area contributed by atoms with Gasteiger partial charge in [-0.3, -0.25) is 4.79 Å². The quantitative estimate of drug-likeness (QED) is 0.0785. The summed E-state index contributed by atoms with van der Waals surface area (Å²) in [6, 6.07) is 0. The van der Waals surface area contributed by atoms with Gasteiger partial charge in [0.05, 0.1) is 19.6 Å². The SMILES string of the molecule is CCCCCCCC/C=C/CCCCCCCCOC(=O)C(O)CC(=O)OCC(CC)CCCC. The molecule has 35 heavy (non-hydrogen) atoms. The molecule has 0 radical (unpaired) electrons. The lowest BCUT2D eigenvalue weighted by atomic mass is 10.0. The summed E-state index contributed by atoms with van der Waals surface area (Å²) in [6.07, 6.45) is 24.3. The van der Waals surface area contributed by atoms with Gasteiger partial charge < -0.3 is 14.6 Å². The minimum atomic E-state index is -1.44. The van der Waals surface area contributed by atoms with E-state index in [-0.39, 0.29) is 6.42 Å². The van der Waals surface area contributed by atoms with Gasteiger partial charge in [-0.25, -0.2) is 4.79 Å². The first kappa shape index (κ1) is 33.6. The fourth-order valence-corrected chi connectivity index (χ4v) is 4.03. The van der Waals surface area contributed by atoms with Gasteiger partial charge in [-0.1, -0.05) is 110 Å². The second-order valence-electron chi connectivity index (χ2n) is 9.92. The Labute approximate surface area is 216 Å². The lowest BCUT2D eigenvalue weighted by Crippen LogP contribution is -2.28. The number of ether oxygens (including phenoxy) is 2. The Morgan fingerprint density at radius 3 is 1.83 bits per heavy atom. The van der Waals surface area contributed by atoms with Crippen molar-refractivity contribution in [3.63, 3.8) is 0 Å². The highest BCUT2D eigenvalue weighted by Crippen LogP contribution is 2.14. The Bertz CT molecular complexity index is 517. The zero-order valence-corrected chi connectivity index (χ0v) is 23.2. The number of esters is 2. The van der Waals surface area contributed by atoms with Crippen LogP contribution < -0.4 is 0 Å². The molecule has 0 aromatic heterocycles. The molecule has 0 fully saturated rings. The lowest BCUT2D eigenvalue weighted by molar-refractivity contribution is -0.160. The molecule has 0 bridgehead atoms. The van der Waals surface area contributed by atoms with E-state index in [2.05, 4.69) is 32.9 Å². The maximum Gasteiger partial charge on any atom is 0.335 e. The van der Waals surface area contributed by atoms with E-state index >= 15 is 0 Å². The van der Waals surface area contributed by atoms with E-state index < -0.39 is 18.0 Å². The highest BCUT2D eigenvalue weighted by molar-refractivity contribution is 5.81. The van der Waals surface area contributed by atoms with Crippen LogP contribution in [0.2, 0.25) is 0 Å². The second kappa shape index (κ2) is 25.7. The maximum atomic E-state index is 11.9. The first-order chi connectivity index (χ1) is 17.0. The highest BCUT2D eigenvalue weighted by Gasteiger charge is 2.22. The molecule has 0 saturated heterocycles. The molecule has 2 unspecified atom stereocenters. The molecule has 0 spiro atoms. The monoisotopic (exact) mass is 496 g/mol. The first-order valence-corrected chi connectivity index (χ1v) is 14.7. The number of carbonyl (C=O) groups excluding carboxylic acids is 2. The van der Waals surface area contributed by atoms with E-state index in [0.717, 1.165) is 44.9 Å². The van der Waals surface area contributed by atoms with Gasteiger partial charge in [0.2, 0.25) is 0 Å². The molecule has 0 saturated carbocycles. The Hall–Kier alpha value is -1.36. The molecule has 0 aromatic carbocycles. The molecule has 0 rings (SSSR count). The van der Waals surface area contributed by atoms with E-state index in [0.29, 0.717) is 19.1 Å². The van der Waals surface area contributed by atoms with Gasteiger partial charge in [0.1, 0.15) is 0 Å². The zero-order chi connectivity index (χ0) is 26.0. The Balaban J connectivity index is 3.57. The summed E-state index contributed by atoms with van der Waals surface area (Å²) < 4.78 is 10.4. The van der Waals surface area contributed by atoms with Gasteiger partial charge in [0, 0.05) is 0 Å². The summed E-state index contributed by atoms with van der Waals surface area (Å²) in [6.45, 7) is 7.12. The highest BCUT2D eigenvalue weighted by atomic mass is 16.6. The van der Waals surface area contributed by atoms with E-state index in [1.807, 2.05) is 0 Å². The van der Waals surface area contributed by atoms with Gasteiger partial charge in [0.15, 0.2) is 6.10 Å². The van der Waals surface area contributed by atoms with Crippen LogP contribution in [0, 0.1) is 5.92 Å². The van der Waals surface area contributed by atoms with Crippen molar-refractivity contribution in [2.24, 2.45) is 5.92 Å². The van der Waals surface area contributed by atoms with Crippen molar-refractivity contribution < 1.29 is 24.2 Å². The molecule has 5 heteroatoms. The number of unbranched alkanes of at least 4 members (excludes halogenated alkanes) is 13. The third kappa shape index (κ3) is 22.8. The van der Waals surface area contributed by atoms with E-state index in [1.54, 1.807) is 0 Å². The molecule has 0 aromatic rings. The summed E-state index contributed by atoms with van der Waals surface area (Å²) in [5.74, 6) is -0.927. The molecule has 0 aliphatic carbocycles. The van der Waals surface area contributed by atoms with Crippen LogP contribution in [0.4, 0.5) is 0 Å². The van der Waals surface area contributed by atoms with Crippen molar-refractivity contribution in [2.45, 2.75) is 149 Å². The number of aliphatic hydroxyl groups is 1. The van der Waals surface area contributed by atoms with Crippen molar-refractivity contribution in [1.82, 2.24) is 0 Å². The average Bonchev–Trinajstić information content (AvgIpc) is 2.85. The number of allylic oxidation sites excluding steroid dienone is 2. The number of hydrogen-bond acceptors (Lipinski definition) is 5. The lowest BCUT2D eigenvalue weighted by Gasteiger charge is -2.15. The van der Waals surface area contributed by atoms with E-state index in [9.17, 15) is 14.7 Å². The van der Waals surface area contributed by atoms with Gasteiger partial charge in [-0.2, -0.15) is 0 Å². The predicted molar refractivity (Wildman–Crippen MR) is 145 cm³/mol. The molecular weight excluding hydrogens is 440 g/mol.